The van der Waals surface area contributed by atoms with Crippen LogP contribution >= 0.6 is 0 Å². The Morgan fingerprint density at radius 1 is 1.00 bits per heavy atom. The van der Waals surface area contributed by atoms with Crippen LogP contribution in [0, 0.1) is 0 Å². The highest BCUT2D eigenvalue weighted by atomic mass is 16.5. The van der Waals surface area contributed by atoms with Crippen molar-refractivity contribution in [3.05, 3.63) is 11.6 Å². The van der Waals surface area contributed by atoms with Crippen LogP contribution in [0.1, 0.15) is 49.7 Å². The molecule has 0 unspecified atom stereocenters. The maximum absolute atomic E-state index is 5.43. The van der Waals surface area contributed by atoms with Gasteiger partial charge in [-0.1, -0.05) is 6.42 Å². The van der Waals surface area contributed by atoms with E-state index in [-0.39, 0.29) is 0 Å². The number of hydrogen-bond donors (Lipinski definition) is 0. The van der Waals surface area contributed by atoms with Crippen LogP contribution in [-0.4, -0.2) is 52.0 Å². The highest BCUT2D eigenvalue weighted by molar-refractivity contribution is 5.02. The number of hydrogen-bond acceptors (Lipinski definition) is 4. The fourth-order valence-electron chi connectivity index (χ4n) is 3.58. The van der Waals surface area contributed by atoms with Gasteiger partial charge in [0.25, 0.3) is 0 Å². The van der Waals surface area contributed by atoms with E-state index in [1.165, 1.54) is 25.1 Å². The molecule has 1 aromatic rings. The molecule has 0 bridgehead atoms. The Bertz CT molecular complexity index is 437. The predicted molar refractivity (Wildman–Crippen MR) is 75.7 cm³/mol. The zero-order valence-corrected chi connectivity index (χ0v) is 12.1. The summed E-state index contributed by atoms with van der Waals surface area (Å²) in [4.78, 5) is 7.49. The minimum absolute atomic E-state index is 0.519. The van der Waals surface area contributed by atoms with Gasteiger partial charge in [-0.25, -0.2) is 9.67 Å². The molecule has 110 valence electrons. The fraction of sp³-hybridized carbons (Fsp3) is 0.867. The van der Waals surface area contributed by atoms with Gasteiger partial charge in [0.1, 0.15) is 5.82 Å². The summed E-state index contributed by atoms with van der Waals surface area (Å²) >= 11 is 0. The first kappa shape index (κ1) is 12.8. The molecule has 20 heavy (non-hydrogen) atoms. The van der Waals surface area contributed by atoms with E-state index >= 15 is 0 Å². The number of aromatic nitrogens is 3. The van der Waals surface area contributed by atoms with Gasteiger partial charge in [0.15, 0.2) is 5.82 Å². The average molecular weight is 276 g/mol. The minimum atomic E-state index is 0.519. The Balaban J connectivity index is 1.45. The van der Waals surface area contributed by atoms with Crippen LogP contribution in [0.25, 0.3) is 0 Å². The maximum Gasteiger partial charge on any atom is 0.154 e. The van der Waals surface area contributed by atoms with Crippen LogP contribution in [0.5, 0.6) is 0 Å². The minimum Gasteiger partial charge on any atom is -0.381 e. The van der Waals surface area contributed by atoms with Crippen LogP contribution in [0.4, 0.5) is 0 Å². The lowest BCUT2D eigenvalue weighted by molar-refractivity contribution is 0.0834. The molecule has 3 aliphatic rings. The van der Waals surface area contributed by atoms with E-state index in [2.05, 4.69) is 9.58 Å². The quantitative estimate of drug-likeness (QED) is 0.822. The first-order valence-electron chi connectivity index (χ1n) is 8.15. The van der Waals surface area contributed by atoms with E-state index in [1.54, 1.807) is 0 Å². The molecule has 3 heterocycles. The number of rotatable bonds is 2. The molecular weight excluding hydrogens is 252 g/mol. The van der Waals surface area contributed by atoms with Gasteiger partial charge in [-0.15, -0.1) is 0 Å². The number of fused-ring (bicyclic) bond motifs is 1. The molecule has 5 nitrogen and oxygen atoms in total. The smallest absolute Gasteiger partial charge is 0.154 e. The molecule has 0 spiro atoms. The third-order valence-corrected chi connectivity index (χ3v) is 5.16. The van der Waals surface area contributed by atoms with E-state index in [1.807, 2.05) is 0 Å². The molecule has 1 aliphatic carbocycles. The third kappa shape index (κ3) is 2.37. The summed E-state index contributed by atoms with van der Waals surface area (Å²) < 4.78 is 7.60. The van der Waals surface area contributed by atoms with E-state index in [0.717, 1.165) is 64.0 Å². The van der Waals surface area contributed by atoms with Crippen molar-refractivity contribution in [2.24, 2.45) is 0 Å². The van der Waals surface area contributed by atoms with Crippen molar-refractivity contribution >= 4 is 0 Å². The maximum atomic E-state index is 5.43. The molecule has 0 aromatic carbocycles. The molecule has 0 N–H and O–H groups in total. The van der Waals surface area contributed by atoms with Gasteiger partial charge in [0, 0.05) is 44.7 Å². The van der Waals surface area contributed by atoms with Crippen LogP contribution in [-0.2, 0) is 17.7 Å². The van der Waals surface area contributed by atoms with Crippen LogP contribution in [0.3, 0.4) is 0 Å². The summed E-state index contributed by atoms with van der Waals surface area (Å²) in [6.45, 7) is 5.06. The Hall–Kier alpha value is -0.940. The zero-order chi connectivity index (χ0) is 13.4. The molecule has 0 radical (unpaired) electrons. The zero-order valence-electron chi connectivity index (χ0n) is 12.1. The number of nitrogens with zero attached hydrogens (tertiary/aromatic N) is 4. The van der Waals surface area contributed by atoms with Gasteiger partial charge in [-0.3, -0.25) is 4.90 Å². The first-order valence-corrected chi connectivity index (χ1v) is 8.15. The standard InChI is InChI=1S/C15H24N4O/c1-2-13(3-1)18-7-4-14-16-15(17-19(14)9-8-18)12-5-10-20-11-6-12/h12-13H,1-11H2. The molecule has 2 aliphatic heterocycles. The van der Waals surface area contributed by atoms with Crippen LogP contribution in [0.2, 0.25) is 0 Å². The van der Waals surface area contributed by atoms with Crippen molar-refractivity contribution in [1.29, 1.82) is 0 Å². The van der Waals surface area contributed by atoms with Crippen molar-refractivity contribution in [3.63, 3.8) is 0 Å². The Kier molecular flexibility index (Phi) is 3.48. The van der Waals surface area contributed by atoms with Gasteiger partial charge in [-0.05, 0) is 25.7 Å². The molecule has 1 aromatic heterocycles. The summed E-state index contributed by atoms with van der Waals surface area (Å²) in [7, 11) is 0. The van der Waals surface area contributed by atoms with Gasteiger partial charge in [0.2, 0.25) is 0 Å². The van der Waals surface area contributed by atoms with Crippen molar-refractivity contribution in [3.8, 4) is 0 Å². The van der Waals surface area contributed by atoms with E-state index in [4.69, 9.17) is 14.8 Å². The molecule has 0 amide bonds. The van der Waals surface area contributed by atoms with E-state index < -0.39 is 0 Å². The Morgan fingerprint density at radius 2 is 1.85 bits per heavy atom. The molecule has 0 atom stereocenters. The van der Waals surface area contributed by atoms with Gasteiger partial charge >= 0.3 is 0 Å². The summed E-state index contributed by atoms with van der Waals surface area (Å²) in [5.74, 6) is 2.79. The summed E-state index contributed by atoms with van der Waals surface area (Å²) in [5, 5.41) is 4.80. The highest BCUT2D eigenvalue weighted by Crippen LogP contribution is 2.27. The average Bonchev–Trinajstić information content (AvgIpc) is 2.75. The summed E-state index contributed by atoms with van der Waals surface area (Å²) in [6.07, 6.45) is 7.42. The second-order valence-electron chi connectivity index (χ2n) is 6.37. The molecule has 4 rings (SSSR count). The topological polar surface area (TPSA) is 43.2 Å². The lowest BCUT2D eigenvalue weighted by Gasteiger charge is -2.36. The first-order chi connectivity index (χ1) is 9.90. The lowest BCUT2D eigenvalue weighted by atomic mass is 9.91. The second kappa shape index (κ2) is 5.45. The fourth-order valence-corrected chi connectivity index (χ4v) is 3.58. The summed E-state index contributed by atoms with van der Waals surface area (Å²) in [6, 6.07) is 0.842. The Morgan fingerprint density at radius 3 is 2.60 bits per heavy atom. The SMILES string of the molecule is C1CC(N2CCc3nc(C4CCOCC4)nn3CC2)C1. The van der Waals surface area contributed by atoms with Crippen LogP contribution in [0.15, 0.2) is 0 Å². The molecule has 1 saturated carbocycles. The molecular formula is C15H24N4O. The highest BCUT2D eigenvalue weighted by Gasteiger charge is 2.28. The van der Waals surface area contributed by atoms with E-state index in [0.29, 0.717) is 5.92 Å². The molecule has 5 heteroatoms. The second-order valence-corrected chi connectivity index (χ2v) is 6.37. The third-order valence-electron chi connectivity index (χ3n) is 5.16. The normalized spacial score (nSPS) is 26.0. The predicted octanol–water partition coefficient (Wildman–Crippen LogP) is 1.58. The monoisotopic (exact) mass is 276 g/mol. The Labute approximate surface area is 120 Å². The number of ether oxygens (including phenoxy) is 1. The largest absolute Gasteiger partial charge is 0.381 e. The molecule has 1 saturated heterocycles. The van der Waals surface area contributed by atoms with Crippen LogP contribution < -0.4 is 0 Å². The van der Waals surface area contributed by atoms with Crippen molar-refractivity contribution in [2.75, 3.05) is 26.3 Å². The van der Waals surface area contributed by atoms with Gasteiger partial charge in [-0.2, -0.15) is 5.10 Å². The summed E-state index contributed by atoms with van der Waals surface area (Å²) in [5.41, 5.74) is 0. The van der Waals surface area contributed by atoms with Crippen molar-refractivity contribution in [1.82, 2.24) is 19.7 Å². The lowest BCUT2D eigenvalue weighted by Crippen LogP contribution is -2.41. The molecule has 2 fully saturated rings. The van der Waals surface area contributed by atoms with Gasteiger partial charge < -0.3 is 4.74 Å². The van der Waals surface area contributed by atoms with E-state index in [9.17, 15) is 0 Å². The van der Waals surface area contributed by atoms with Crippen molar-refractivity contribution < 1.29 is 4.74 Å². The van der Waals surface area contributed by atoms with Crippen molar-refractivity contribution in [2.45, 2.75) is 57.0 Å². The van der Waals surface area contributed by atoms with Gasteiger partial charge in [0.05, 0.1) is 6.54 Å².